The summed E-state index contributed by atoms with van der Waals surface area (Å²) in [5.74, 6) is 0.673. The molecule has 4 nitrogen and oxygen atoms in total. The monoisotopic (exact) mass is 236 g/mol. The van der Waals surface area contributed by atoms with Gasteiger partial charge in [0.25, 0.3) is 0 Å². The molecule has 0 bridgehead atoms. The average molecular weight is 236 g/mol. The van der Waals surface area contributed by atoms with Crippen LogP contribution >= 0.6 is 0 Å². The first kappa shape index (κ1) is 13.5. The van der Waals surface area contributed by atoms with Crippen LogP contribution in [0.4, 0.5) is 0 Å². The Morgan fingerprint density at radius 2 is 2.12 bits per heavy atom. The number of ether oxygens (including phenoxy) is 1. The Morgan fingerprint density at radius 3 is 2.82 bits per heavy atom. The lowest BCUT2D eigenvalue weighted by Gasteiger charge is -2.09. The summed E-state index contributed by atoms with van der Waals surface area (Å²) in [5.41, 5.74) is 6.20. The Morgan fingerprint density at radius 1 is 1.35 bits per heavy atom. The topological polar surface area (TPSA) is 64.3 Å². The zero-order chi connectivity index (χ0) is 12.5. The second-order valence-electron chi connectivity index (χ2n) is 3.91. The van der Waals surface area contributed by atoms with E-state index in [1.165, 1.54) is 0 Å². The predicted molar refractivity (Wildman–Crippen MR) is 67.7 cm³/mol. The van der Waals surface area contributed by atoms with Crippen LogP contribution < -0.4 is 15.8 Å². The van der Waals surface area contributed by atoms with Crippen molar-refractivity contribution < 1.29 is 9.53 Å². The van der Waals surface area contributed by atoms with Crippen molar-refractivity contribution in [2.75, 3.05) is 13.7 Å². The Labute approximate surface area is 102 Å². The zero-order valence-electron chi connectivity index (χ0n) is 10.2. The molecule has 3 N–H and O–H groups in total. The van der Waals surface area contributed by atoms with Gasteiger partial charge in [0.15, 0.2) is 0 Å². The third-order valence-electron chi connectivity index (χ3n) is 2.53. The second-order valence-corrected chi connectivity index (χ2v) is 3.91. The van der Waals surface area contributed by atoms with Crippen LogP contribution in [0.5, 0.6) is 5.75 Å². The fourth-order valence-corrected chi connectivity index (χ4v) is 1.62. The van der Waals surface area contributed by atoms with Crippen molar-refractivity contribution in [2.45, 2.75) is 25.8 Å². The van der Waals surface area contributed by atoms with E-state index in [9.17, 15) is 4.79 Å². The van der Waals surface area contributed by atoms with Gasteiger partial charge in [0, 0.05) is 18.5 Å². The minimum atomic E-state index is -0.227. The number of amides is 1. The number of primary amides is 1. The van der Waals surface area contributed by atoms with E-state index < -0.39 is 0 Å². The van der Waals surface area contributed by atoms with E-state index in [1.807, 2.05) is 24.3 Å². The molecule has 0 saturated carbocycles. The van der Waals surface area contributed by atoms with Gasteiger partial charge in [-0.1, -0.05) is 18.2 Å². The molecule has 1 rings (SSSR count). The number of carbonyl (C=O) groups is 1. The third-order valence-corrected chi connectivity index (χ3v) is 2.53. The van der Waals surface area contributed by atoms with Crippen LogP contribution in [0.3, 0.4) is 0 Å². The maximum absolute atomic E-state index is 10.5. The highest BCUT2D eigenvalue weighted by molar-refractivity contribution is 5.73. The summed E-state index contributed by atoms with van der Waals surface area (Å²) >= 11 is 0. The largest absolute Gasteiger partial charge is 0.496 e. The molecule has 17 heavy (non-hydrogen) atoms. The van der Waals surface area contributed by atoms with Gasteiger partial charge < -0.3 is 15.8 Å². The van der Waals surface area contributed by atoms with Crippen LogP contribution in [-0.4, -0.2) is 19.6 Å². The fourth-order valence-electron chi connectivity index (χ4n) is 1.62. The molecule has 1 aromatic carbocycles. The van der Waals surface area contributed by atoms with Crippen LogP contribution in [0.15, 0.2) is 24.3 Å². The molecule has 0 heterocycles. The molecule has 0 aliphatic carbocycles. The molecule has 0 spiro atoms. The van der Waals surface area contributed by atoms with Gasteiger partial charge in [-0.05, 0) is 25.5 Å². The van der Waals surface area contributed by atoms with Gasteiger partial charge in [-0.3, -0.25) is 4.79 Å². The molecule has 1 amide bonds. The summed E-state index contributed by atoms with van der Waals surface area (Å²) in [7, 11) is 1.67. The predicted octanol–water partition coefficient (Wildman–Crippen LogP) is 1.44. The summed E-state index contributed by atoms with van der Waals surface area (Å²) in [4.78, 5) is 10.5. The van der Waals surface area contributed by atoms with Crippen molar-refractivity contribution in [2.24, 2.45) is 5.73 Å². The number of unbranched alkanes of at least 4 members (excludes halogenated alkanes) is 1. The van der Waals surface area contributed by atoms with Gasteiger partial charge in [-0.25, -0.2) is 0 Å². The Bertz CT molecular complexity index is 353. The SMILES string of the molecule is COc1ccccc1CNCCCCC(N)=O. The summed E-state index contributed by atoms with van der Waals surface area (Å²) < 4.78 is 5.25. The smallest absolute Gasteiger partial charge is 0.217 e. The maximum atomic E-state index is 10.5. The highest BCUT2D eigenvalue weighted by atomic mass is 16.5. The molecule has 0 aliphatic heterocycles. The van der Waals surface area contributed by atoms with Crippen molar-refractivity contribution in [1.82, 2.24) is 5.32 Å². The highest BCUT2D eigenvalue weighted by Gasteiger charge is 2.00. The molecule has 0 aromatic heterocycles. The van der Waals surface area contributed by atoms with Crippen LogP contribution in [0.25, 0.3) is 0 Å². The molecule has 0 saturated heterocycles. The van der Waals surface area contributed by atoms with E-state index in [0.717, 1.165) is 37.2 Å². The number of methoxy groups -OCH3 is 1. The standard InChI is InChI=1S/C13H20N2O2/c1-17-12-7-3-2-6-11(12)10-15-9-5-4-8-13(14)16/h2-3,6-7,15H,4-5,8-10H2,1H3,(H2,14,16). The van der Waals surface area contributed by atoms with E-state index in [4.69, 9.17) is 10.5 Å². The first-order valence-corrected chi connectivity index (χ1v) is 5.85. The molecule has 0 atom stereocenters. The number of para-hydroxylation sites is 1. The van der Waals surface area contributed by atoms with Crippen LogP contribution in [-0.2, 0) is 11.3 Å². The number of nitrogens with two attached hydrogens (primary N) is 1. The second kappa shape index (κ2) is 7.68. The normalized spacial score (nSPS) is 10.2. The average Bonchev–Trinajstić information content (AvgIpc) is 2.33. The highest BCUT2D eigenvalue weighted by Crippen LogP contribution is 2.16. The molecule has 0 fully saturated rings. The minimum absolute atomic E-state index is 0.227. The first-order chi connectivity index (χ1) is 8.24. The molecule has 4 heteroatoms. The van der Waals surface area contributed by atoms with Crippen molar-refractivity contribution in [3.05, 3.63) is 29.8 Å². The summed E-state index contributed by atoms with van der Waals surface area (Å²) in [6.07, 6.45) is 2.27. The van der Waals surface area contributed by atoms with Crippen molar-refractivity contribution in [1.29, 1.82) is 0 Å². The number of carbonyl (C=O) groups excluding carboxylic acids is 1. The number of rotatable bonds is 8. The molecule has 1 aromatic rings. The molecule has 94 valence electrons. The van der Waals surface area contributed by atoms with E-state index in [0.29, 0.717) is 6.42 Å². The van der Waals surface area contributed by atoms with E-state index in [1.54, 1.807) is 7.11 Å². The maximum Gasteiger partial charge on any atom is 0.217 e. The molecule has 0 radical (unpaired) electrons. The van der Waals surface area contributed by atoms with Crippen molar-refractivity contribution >= 4 is 5.91 Å². The third kappa shape index (κ3) is 5.36. The lowest BCUT2D eigenvalue weighted by molar-refractivity contribution is -0.118. The van der Waals surface area contributed by atoms with Crippen LogP contribution in [0.2, 0.25) is 0 Å². The van der Waals surface area contributed by atoms with Gasteiger partial charge >= 0.3 is 0 Å². The number of nitrogens with one attached hydrogen (secondary N) is 1. The molecule has 0 aliphatic rings. The lowest BCUT2D eigenvalue weighted by atomic mass is 10.2. The number of hydrogen-bond donors (Lipinski definition) is 2. The van der Waals surface area contributed by atoms with Crippen molar-refractivity contribution in [3.8, 4) is 5.75 Å². The van der Waals surface area contributed by atoms with Gasteiger partial charge in [-0.15, -0.1) is 0 Å². The van der Waals surface area contributed by atoms with Gasteiger partial charge in [0.2, 0.25) is 5.91 Å². The summed E-state index contributed by atoms with van der Waals surface area (Å²) in [5, 5.41) is 3.32. The van der Waals surface area contributed by atoms with E-state index >= 15 is 0 Å². The molecular formula is C13H20N2O2. The Kier molecular flexibility index (Phi) is 6.10. The number of benzene rings is 1. The Balaban J connectivity index is 2.19. The van der Waals surface area contributed by atoms with Crippen LogP contribution in [0, 0.1) is 0 Å². The summed E-state index contributed by atoms with van der Waals surface area (Å²) in [6.45, 7) is 1.66. The van der Waals surface area contributed by atoms with Gasteiger partial charge in [0.1, 0.15) is 5.75 Å². The van der Waals surface area contributed by atoms with Crippen molar-refractivity contribution in [3.63, 3.8) is 0 Å². The summed E-state index contributed by atoms with van der Waals surface area (Å²) in [6, 6.07) is 7.93. The van der Waals surface area contributed by atoms with Gasteiger partial charge in [-0.2, -0.15) is 0 Å². The van der Waals surface area contributed by atoms with Gasteiger partial charge in [0.05, 0.1) is 7.11 Å². The first-order valence-electron chi connectivity index (χ1n) is 5.85. The molecule has 0 unspecified atom stereocenters. The fraction of sp³-hybridized carbons (Fsp3) is 0.462. The Hall–Kier alpha value is -1.55. The lowest BCUT2D eigenvalue weighted by Crippen LogP contribution is -2.16. The zero-order valence-corrected chi connectivity index (χ0v) is 10.2. The quantitative estimate of drug-likeness (QED) is 0.671. The van der Waals surface area contributed by atoms with E-state index in [-0.39, 0.29) is 5.91 Å². The molecular weight excluding hydrogens is 216 g/mol. The number of hydrogen-bond acceptors (Lipinski definition) is 3. The van der Waals surface area contributed by atoms with E-state index in [2.05, 4.69) is 5.32 Å². The van der Waals surface area contributed by atoms with Crippen LogP contribution in [0.1, 0.15) is 24.8 Å². The minimum Gasteiger partial charge on any atom is -0.496 e.